The molecule has 2 heterocycles. The van der Waals surface area contributed by atoms with E-state index in [0.717, 1.165) is 49.0 Å². The summed E-state index contributed by atoms with van der Waals surface area (Å²) < 4.78 is 2.11. The van der Waals surface area contributed by atoms with Crippen molar-refractivity contribution in [2.24, 2.45) is 0 Å². The fraction of sp³-hybridized carbons (Fsp3) is 0.609. The first-order valence-electron chi connectivity index (χ1n) is 10.8. The van der Waals surface area contributed by atoms with Crippen molar-refractivity contribution in [2.75, 3.05) is 13.1 Å². The Hall–Kier alpha value is -1.82. The summed E-state index contributed by atoms with van der Waals surface area (Å²) in [4.78, 5) is 14.9. The summed E-state index contributed by atoms with van der Waals surface area (Å²) >= 11 is 1.52. The second-order valence-electron chi connectivity index (χ2n) is 8.88. The van der Waals surface area contributed by atoms with Gasteiger partial charge in [-0.1, -0.05) is 69.6 Å². The van der Waals surface area contributed by atoms with E-state index in [-0.39, 0.29) is 16.6 Å². The molecule has 0 bridgehead atoms. The van der Waals surface area contributed by atoms with Crippen LogP contribution in [0.15, 0.2) is 29.4 Å². The third-order valence-electron chi connectivity index (χ3n) is 5.59. The van der Waals surface area contributed by atoms with E-state index in [9.17, 15) is 4.79 Å². The number of nitrogens with zero attached hydrogens (tertiary/aromatic N) is 4. The summed E-state index contributed by atoms with van der Waals surface area (Å²) in [5, 5.41) is 9.55. The zero-order valence-electron chi connectivity index (χ0n) is 18.4. The number of carbonyl (C=O) groups is 1. The number of aromatic nitrogens is 3. The first-order valence-corrected chi connectivity index (χ1v) is 11.7. The fourth-order valence-corrected chi connectivity index (χ4v) is 4.75. The molecule has 158 valence electrons. The van der Waals surface area contributed by atoms with Gasteiger partial charge >= 0.3 is 0 Å². The molecule has 1 saturated heterocycles. The molecule has 1 fully saturated rings. The second-order valence-corrected chi connectivity index (χ2v) is 10.2. The maximum absolute atomic E-state index is 12.9. The van der Waals surface area contributed by atoms with E-state index in [1.165, 1.54) is 30.2 Å². The van der Waals surface area contributed by atoms with Crippen LogP contribution in [0.2, 0.25) is 0 Å². The smallest absolute Gasteiger partial charge is 0.235 e. The van der Waals surface area contributed by atoms with E-state index in [1.54, 1.807) is 0 Å². The van der Waals surface area contributed by atoms with Crippen molar-refractivity contribution < 1.29 is 4.79 Å². The molecule has 6 heteroatoms. The molecule has 1 amide bonds. The van der Waals surface area contributed by atoms with Gasteiger partial charge in [-0.2, -0.15) is 0 Å². The Balaban J connectivity index is 1.76. The van der Waals surface area contributed by atoms with Gasteiger partial charge in [0.25, 0.3) is 0 Å². The normalized spacial score (nSPS) is 16.5. The molecule has 1 unspecified atom stereocenters. The number of likely N-dealkylation sites (tertiary alicyclic amines) is 1. The summed E-state index contributed by atoms with van der Waals surface area (Å²) in [6.07, 6.45) is 4.69. The first-order chi connectivity index (χ1) is 13.8. The van der Waals surface area contributed by atoms with Gasteiger partial charge in [0.05, 0.1) is 5.25 Å². The number of benzene rings is 1. The van der Waals surface area contributed by atoms with E-state index in [0.29, 0.717) is 0 Å². The molecule has 2 aromatic rings. The minimum Gasteiger partial charge on any atom is -0.342 e. The van der Waals surface area contributed by atoms with Crippen LogP contribution in [0.4, 0.5) is 0 Å². The largest absolute Gasteiger partial charge is 0.342 e. The average Bonchev–Trinajstić information content (AvgIpc) is 2.90. The molecular weight excluding hydrogens is 380 g/mol. The molecule has 0 radical (unpaired) electrons. The molecule has 1 aromatic heterocycles. The van der Waals surface area contributed by atoms with Crippen molar-refractivity contribution in [3.63, 3.8) is 0 Å². The second kappa shape index (κ2) is 9.33. The molecule has 5 nitrogen and oxygen atoms in total. The Bertz CT molecular complexity index is 814. The highest BCUT2D eigenvalue weighted by atomic mass is 32.2. The van der Waals surface area contributed by atoms with Gasteiger partial charge in [-0.15, -0.1) is 10.2 Å². The Kier molecular flexibility index (Phi) is 7.04. The highest BCUT2D eigenvalue weighted by Gasteiger charge is 2.25. The lowest BCUT2D eigenvalue weighted by atomic mass is 9.87. The minimum absolute atomic E-state index is 0.126. The SMILES string of the molecule is CCn1c(SC(C)C(=O)N2CCCCCC2)nnc1-c1ccc(C(C)(C)C)cc1. The maximum Gasteiger partial charge on any atom is 0.235 e. The Labute approximate surface area is 179 Å². The Morgan fingerprint density at radius 2 is 1.69 bits per heavy atom. The van der Waals surface area contributed by atoms with Crippen LogP contribution >= 0.6 is 11.8 Å². The zero-order chi connectivity index (χ0) is 21.0. The van der Waals surface area contributed by atoms with Crippen LogP contribution in [0.25, 0.3) is 11.4 Å². The quantitative estimate of drug-likeness (QED) is 0.635. The van der Waals surface area contributed by atoms with Crippen LogP contribution in [0, 0.1) is 0 Å². The van der Waals surface area contributed by atoms with Gasteiger partial charge in [-0.3, -0.25) is 4.79 Å². The van der Waals surface area contributed by atoms with E-state index in [1.807, 2.05) is 11.8 Å². The molecule has 1 aromatic carbocycles. The summed E-state index contributed by atoms with van der Waals surface area (Å²) in [7, 11) is 0. The van der Waals surface area contributed by atoms with Crippen molar-refractivity contribution in [3.8, 4) is 11.4 Å². The lowest BCUT2D eigenvalue weighted by Crippen LogP contribution is -2.37. The highest BCUT2D eigenvalue weighted by molar-refractivity contribution is 8.00. The predicted octanol–water partition coefficient (Wildman–Crippen LogP) is 5.15. The summed E-state index contributed by atoms with van der Waals surface area (Å²) in [5.41, 5.74) is 2.49. The van der Waals surface area contributed by atoms with Crippen LogP contribution in [0.1, 0.15) is 65.9 Å². The molecule has 0 N–H and O–H groups in total. The van der Waals surface area contributed by atoms with Gasteiger partial charge in [0.15, 0.2) is 11.0 Å². The standard InChI is InChI=1S/C23H34N4OS/c1-6-27-20(18-11-13-19(14-12-18)23(3,4)5)24-25-22(27)29-17(2)21(28)26-15-9-7-8-10-16-26/h11-14,17H,6-10,15-16H2,1-5H3. The third kappa shape index (κ3) is 5.21. The molecule has 0 spiro atoms. The van der Waals surface area contributed by atoms with Gasteiger partial charge in [0, 0.05) is 25.2 Å². The number of hydrogen-bond acceptors (Lipinski definition) is 4. The van der Waals surface area contributed by atoms with Crippen molar-refractivity contribution in [3.05, 3.63) is 29.8 Å². The Morgan fingerprint density at radius 1 is 1.07 bits per heavy atom. The summed E-state index contributed by atoms with van der Waals surface area (Å²) in [5.74, 6) is 1.09. The number of rotatable bonds is 5. The average molecular weight is 415 g/mol. The number of amides is 1. The van der Waals surface area contributed by atoms with Crippen LogP contribution < -0.4 is 0 Å². The molecule has 1 atom stereocenters. The van der Waals surface area contributed by atoms with Crippen molar-refractivity contribution in [2.45, 2.75) is 82.7 Å². The molecule has 1 aliphatic heterocycles. The van der Waals surface area contributed by atoms with Crippen LogP contribution in [-0.2, 0) is 16.8 Å². The van der Waals surface area contributed by atoms with Crippen LogP contribution in [0.3, 0.4) is 0 Å². The first kappa shape index (κ1) is 21.9. The molecule has 29 heavy (non-hydrogen) atoms. The summed E-state index contributed by atoms with van der Waals surface area (Å²) in [6, 6.07) is 8.58. The van der Waals surface area contributed by atoms with E-state index >= 15 is 0 Å². The van der Waals surface area contributed by atoms with Crippen molar-refractivity contribution in [1.82, 2.24) is 19.7 Å². The molecule has 0 saturated carbocycles. The molecule has 3 rings (SSSR count). The van der Waals surface area contributed by atoms with E-state index in [2.05, 4.69) is 66.7 Å². The van der Waals surface area contributed by atoms with Gasteiger partial charge in [0.2, 0.25) is 5.91 Å². The Morgan fingerprint density at radius 3 is 2.24 bits per heavy atom. The highest BCUT2D eigenvalue weighted by Crippen LogP contribution is 2.30. The number of hydrogen-bond donors (Lipinski definition) is 0. The maximum atomic E-state index is 12.9. The number of carbonyl (C=O) groups excluding carboxylic acids is 1. The third-order valence-corrected chi connectivity index (χ3v) is 6.66. The number of thioether (sulfide) groups is 1. The van der Waals surface area contributed by atoms with Gasteiger partial charge in [0.1, 0.15) is 0 Å². The van der Waals surface area contributed by atoms with Gasteiger partial charge in [-0.05, 0) is 37.7 Å². The minimum atomic E-state index is -0.154. The van der Waals surface area contributed by atoms with E-state index in [4.69, 9.17) is 0 Å². The lowest BCUT2D eigenvalue weighted by molar-refractivity contribution is -0.130. The molecule has 1 aliphatic rings. The van der Waals surface area contributed by atoms with Crippen LogP contribution in [-0.4, -0.2) is 43.9 Å². The monoisotopic (exact) mass is 414 g/mol. The fourth-order valence-electron chi connectivity index (χ4n) is 3.75. The van der Waals surface area contributed by atoms with Crippen molar-refractivity contribution >= 4 is 17.7 Å². The predicted molar refractivity (Wildman–Crippen MR) is 120 cm³/mol. The lowest BCUT2D eigenvalue weighted by Gasteiger charge is -2.23. The van der Waals surface area contributed by atoms with Gasteiger partial charge in [-0.25, -0.2) is 0 Å². The molecule has 0 aliphatic carbocycles. The topological polar surface area (TPSA) is 51.0 Å². The van der Waals surface area contributed by atoms with E-state index < -0.39 is 0 Å². The summed E-state index contributed by atoms with van der Waals surface area (Å²) in [6.45, 7) is 13.3. The van der Waals surface area contributed by atoms with Gasteiger partial charge < -0.3 is 9.47 Å². The van der Waals surface area contributed by atoms with Crippen LogP contribution in [0.5, 0.6) is 0 Å². The van der Waals surface area contributed by atoms with Crippen molar-refractivity contribution in [1.29, 1.82) is 0 Å². The zero-order valence-corrected chi connectivity index (χ0v) is 19.3. The molecular formula is C23H34N4OS.